The minimum Gasteiger partial charge on any atom is -0.384 e. The molecule has 2 heteroatoms. The molecule has 0 saturated carbocycles. The van der Waals surface area contributed by atoms with Gasteiger partial charge >= 0.3 is 0 Å². The first-order valence-corrected chi connectivity index (χ1v) is 7.22. The van der Waals surface area contributed by atoms with Crippen LogP contribution in [0.3, 0.4) is 0 Å². The van der Waals surface area contributed by atoms with E-state index < -0.39 is 6.10 Å². The van der Waals surface area contributed by atoms with Crippen molar-refractivity contribution in [2.75, 3.05) is 0 Å². The Kier molecular flexibility index (Phi) is 4.12. The fourth-order valence-corrected chi connectivity index (χ4v) is 2.54. The molecule has 0 radical (unpaired) electrons. The molecule has 0 bridgehead atoms. The number of aliphatic hydroxyl groups is 1. The van der Waals surface area contributed by atoms with Crippen LogP contribution in [0.1, 0.15) is 43.6 Å². The fourth-order valence-electron chi connectivity index (χ4n) is 2.04. The summed E-state index contributed by atoms with van der Waals surface area (Å²) in [6.07, 6.45) is -0.593. The highest BCUT2D eigenvalue weighted by Crippen LogP contribution is 2.30. The van der Waals surface area contributed by atoms with Gasteiger partial charge in [0.1, 0.15) is 6.10 Å². The lowest BCUT2D eigenvalue weighted by molar-refractivity contribution is 0.219. The molecule has 0 aliphatic heterocycles. The molecule has 19 heavy (non-hydrogen) atoms. The van der Waals surface area contributed by atoms with Crippen LogP contribution in [0.25, 0.3) is 0 Å². The molecule has 0 saturated heterocycles. The lowest BCUT2D eigenvalue weighted by Gasteiger charge is -2.20. The maximum absolute atomic E-state index is 10.4. The molecule has 2 aromatic carbocycles. The van der Waals surface area contributed by atoms with E-state index in [0.717, 1.165) is 15.6 Å². The first-order valence-electron chi connectivity index (χ1n) is 6.42. The van der Waals surface area contributed by atoms with Crippen LogP contribution in [0.15, 0.2) is 53.0 Å². The Bertz CT molecular complexity index is 552. The van der Waals surface area contributed by atoms with E-state index in [-0.39, 0.29) is 5.41 Å². The second-order valence-corrected chi connectivity index (χ2v) is 6.65. The number of benzene rings is 2. The van der Waals surface area contributed by atoms with Crippen molar-refractivity contribution in [1.82, 2.24) is 0 Å². The second-order valence-electron chi connectivity index (χ2n) is 5.80. The molecule has 0 amide bonds. The summed E-state index contributed by atoms with van der Waals surface area (Å²) in [5.41, 5.74) is 3.22. The monoisotopic (exact) mass is 318 g/mol. The van der Waals surface area contributed by atoms with Crippen LogP contribution in [0, 0.1) is 0 Å². The van der Waals surface area contributed by atoms with E-state index in [1.165, 1.54) is 5.56 Å². The molecule has 0 aromatic heterocycles. The van der Waals surface area contributed by atoms with Gasteiger partial charge in [-0.05, 0) is 28.2 Å². The highest BCUT2D eigenvalue weighted by atomic mass is 79.9. The third kappa shape index (κ3) is 3.26. The van der Waals surface area contributed by atoms with Gasteiger partial charge in [0.25, 0.3) is 0 Å². The minimum absolute atomic E-state index is 0.136. The van der Waals surface area contributed by atoms with Gasteiger partial charge in [-0.1, -0.05) is 79.2 Å². The van der Waals surface area contributed by atoms with Crippen LogP contribution in [0.5, 0.6) is 0 Å². The number of rotatable bonds is 2. The molecule has 1 N–H and O–H groups in total. The number of aliphatic hydroxyl groups excluding tert-OH is 1. The number of halogens is 1. The normalized spacial score (nSPS) is 13.3. The molecule has 0 fully saturated rings. The molecular formula is C17H19BrO. The third-order valence-corrected chi connectivity index (χ3v) is 4.01. The van der Waals surface area contributed by atoms with Crippen LogP contribution < -0.4 is 0 Å². The third-order valence-electron chi connectivity index (χ3n) is 3.29. The molecule has 1 atom stereocenters. The summed E-state index contributed by atoms with van der Waals surface area (Å²) in [5.74, 6) is 0. The standard InChI is InChI=1S/C17H19BrO/c1-17(2,3)13-10-8-12(9-11-13)16(19)14-6-4-5-7-15(14)18/h4-11,16,19H,1-3H3/t16-/m0/s1. The van der Waals surface area contributed by atoms with Gasteiger partial charge < -0.3 is 5.11 Å². The zero-order valence-electron chi connectivity index (χ0n) is 11.5. The van der Waals surface area contributed by atoms with Crippen molar-refractivity contribution in [2.45, 2.75) is 32.3 Å². The molecule has 0 spiro atoms. The van der Waals surface area contributed by atoms with Crippen molar-refractivity contribution >= 4 is 15.9 Å². The number of hydrogen-bond donors (Lipinski definition) is 1. The van der Waals surface area contributed by atoms with Crippen LogP contribution in [0.4, 0.5) is 0 Å². The lowest BCUT2D eigenvalue weighted by atomic mass is 9.86. The van der Waals surface area contributed by atoms with E-state index in [9.17, 15) is 5.11 Å². The van der Waals surface area contributed by atoms with Gasteiger partial charge in [-0.3, -0.25) is 0 Å². The highest BCUT2D eigenvalue weighted by molar-refractivity contribution is 9.10. The van der Waals surface area contributed by atoms with E-state index in [1.54, 1.807) is 0 Å². The van der Waals surface area contributed by atoms with Crippen LogP contribution >= 0.6 is 15.9 Å². The lowest BCUT2D eigenvalue weighted by Crippen LogP contribution is -2.11. The molecule has 100 valence electrons. The van der Waals surface area contributed by atoms with Gasteiger partial charge in [-0.2, -0.15) is 0 Å². The largest absolute Gasteiger partial charge is 0.384 e. The van der Waals surface area contributed by atoms with Gasteiger partial charge in [0.15, 0.2) is 0 Å². The van der Waals surface area contributed by atoms with E-state index in [1.807, 2.05) is 36.4 Å². The van der Waals surface area contributed by atoms with E-state index >= 15 is 0 Å². The summed E-state index contributed by atoms with van der Waals surface area (Å²) >= 11 is 3.48. The van der Waals surface area contributed by atoms with Gasteiger partial charge in [0.2, 0.25) is 0 Å². The molecule has 0 unspecified atom stereocenters. The predicted octanol–water partition coefficient (Wildman–Crippen LogP) is 4.83. The molecule has 0 heterocycles. The van der Waals surface area contributed by atoms with Crippen LogP contribution in [-0.2, 0) is 5.41 Å². The summed E-state index contributed by atoms with van der Waals surface area (Å²) in [6, 6.07) is 16.0. The summed E-state index contributed by atoms with van der Waals surface area (Å²) in [5, 5.41) is 10.4. The molecule has 0 aliphatic rings. The summed E-state index contributed by atoms with van der Waals surface area (Å²) in [6.45, 7) is 6.56. The van der Waals surface area contributed by atoms with Gasteiger partial charge in [0.05, 0.1) is 0 Å². The van der Waals surface area contributed by atoms with E-state index in [0.29, 0.717) is 0 Å². The van der Waals surface area contributed by atoms with Crippen LogP contribution in [-0.4, -0.2) is 5.11 Å². The van der Waals surface area contributed by atoms with Gasteiger partial charge in [-0.25, -0.2) is 0 Å². The average Bonchev–Trinajstić information content (AvgIpc) is 2.38. The van der Waals surface area contributed by atoms with Crippen molar-refractivity contribution in [2.24, 2.45) is 0 Å². The topological polar surface area (TPSA) is 20.2 Å². The van der Waals surface area contributed by atoms with Crippen molar-refractivity contribution < 1.29 is 5.11 Å². The first-order chi connectivity index (χ1) is 8.89. The van der Waals surface area contributed by atoms with Crippen molar-refractivity contribution in [3.05, 3.63) is 69.7 Å². The Balaban J connectivity index is 2.31. The van der Waals surface area contributed by atoms with Gasteiger partial charge in [-0.15, -0.1) is 0 Å². The van der Waals surface area contributed by atoms with E-state index in [2.05, 4.69) is 48.8 Å². The van der Waals surface area contributed by atoms with Crippen LogP contribution in [0.2, 0.25) is 0 Å². The SMILES string of the molecule is CC(C)(C)c1ccc([C@H](O)c2ccccc2Br)cc1. The summed E-state index contributed by atoms with van der Waals surface area (Å²) in [4.78, 5) is 0. The summed E-state index contributed by atoms with van der Waals surface area (Å²) < 4.78 is 0.933. The maximum Gasteiger partial charge on any atom is 0.105 e. The van der Waals surface area contributed by atoms with E-state index in [4.69, 9.17) is 0 Å². The number of hydrogen-bond acceptors (Lipinski definition) is 1. The fraction of sp³-hybridized carbons (Fsp3) is 0.294. The zero-order chi connectivity index (χ0) is 14.0. The second kappa shape index (κ2) is 5.48. The Labute approximate surface area is 123 Å². The molecule has 2 rings (SSSR count). The minimum atomic E-state index is -0.593. The Morgan fingerprint density at radius 1 is 0.947 bits per heavy atom. The zero-order valence-corrected chi connectivity index (χ0v) is 13.1. The summed E-state index contributed by atoms with van der Waals surface area (Å²) in [7, 11) is 0. The van der Waals surface area contributed by atoms with Crippen molar-refractivity contribution in [3.63, 3.8) is 0 Å². The van der Waals surface area contributed by atoms with Crippen molar-refractivity contribution in [1.29, 1.82) is 0 Å². The molecule has 1 nitrogen and oxygen atoms in total. The molecule has 2 aromatic rings. The quantitative estimate of drug-likeness (QED) is 0.841. The smallest absolute Gasteiger partial charge is 0.105 e. The highest BCUT2D eigenvalue weighted by Gasteiger charge is 2.16. The Hall–Kier alpha value is -1.12. The molecular weight excluding hydrogens is 300 g/mol. The Morgan fingerprint density at radius 2 is 1.53 bits per heavy atom. The average molecular weight is 319 g/mol. The predicted molar refractivity (Wildman–Crippen MR) is 83.3 cm³/mol. The maximum atomic E-state index is 10.4. The Morgan fingerprint density at radius 3 is 2.05 bits per heavy atom. The molecule has 0 aliphatic carbocycles. The first kappa shape index (κ1) is 14.3. The van der Waals surface area contributed by atoms with Gasteiger partial charge in [0, 0.05) is 4.47 Å². The van der Waals surface area contributed by atoms with Crippen molar-refractivity contribution in [3.8, 4) is 0 Å².